The number of benzene rings is 1. The zero-order valence-electron chi connectivity index (χ0n) is 9.25. The smallest absolute Gasteiger partial charge is 0.260 e. The summed E-state index contributed by atoms with van der Waals surface area (Å²) in [7, 11) is 1.63. The SMILES string of the molecule is CNc1ncc(F)c(Oc2cc(Br)ccc2Cl)n1. The first kappa shape index (κ1) is 13.0. The molecule has 0 saturated carbocycles. The lowest BCUT2D eigenvalue weighted by Crippen LogP contribution is -2.00. The van der Waals surface area contributed by atoms with Gasteiger partial charge in [0.15, 0.2) is 0 Å². The van der Waals surface area contributed by atoms with Gasteiger partial charge < -0.3 is 10.1 Å². The molecule has 0 aliphatic rings. The lowest BCUT2D eigenvalue weighted by Gasteiger charge is -2.08. The van der Waals surface area contributed by atoms with Crippen molar-refractivity contribution in [3.8, 4) is 11.6 Å². The number of nitrogens with one attached hydrogen (secondary N) is 1. The first-order valence-corrected chi connectivity index (χ1v) is 6.10. The summed E-state index contributed by atoms with van der Waals surface area (Å²) in [6.07, 6.45) is 1.03. The van der Waals surface area contributed by atoms with Crippen LogP contribution in [0.15, 0.2) is 28.9 Å². The molecule has 18 heavy (non-hydrogen) atoms. The quantitative estimate of drug-likeness (QED) is 0.927. The van der Waals surface area contributed by atoms with Crippen molar-refractivity contribution in [2.24, 2.45) is 0 Å². The largest absolute Gasteiger partial charge is 0.435 e. The number of halogens is 3. The van der Waals surface area contributed by atoms with E-state index in [1.54, 1.807) is 25.2 Å². The van der Waals surface area contributed by atoms with Crippen LogP contribution in [0.5, 0.6) is 11.6 Å². The minimum atomic E-state index is -0.662. The summed E-state index contributed by atoms with van der Waals surface area (Å²) in [5, 5.41) is 3.06. The monoisotopic (exact) mass is 331 g/mol. The minimum absolute atomic E-state index is 0.186. The van der Waals surface area contributed by atoms with Crippen LogP contribution in [0.4, 0.5) is 10.3 Å². The minimum Gasteiger partial charge on any atom is -0.435 e. The van der Waals surface area contributed by atoms with Crippen LogP contribution >= 0.6 is 27.5 Å². The Morgan fingerprint density at radius 3 is 2.94 bits per heavy atom. The Bertz CT molecular complexity index is 582. The van der Waals surface area contributed by atoms with Gasteiger partial charge in [-0.05, 0) is 18.2 Å². The lowest BCUT2D eigenvalue weighted by molar-refractivity contribution is 0.421. The van der Waals surface area contributed by atoms with Gasteiger partial charge in [-0.15, -0.1) is 0 Å². The van der Waals surface area contributed by atoms with E-state index in [0.717, 1.165) is 10.7 Å². The van der Waals surface area contributed by atoms with Gasteiger partial charge in [-0.2, -0.15) is 9.37 Å². The fourth-order valence-electron chi connectivity index (χ4n) is 1.20. The van der Waals surface area contributed by atoms with Crippen molar-refractivity contribution in [2.75, 3.05) is 12.4 Å². The van der Waals surface area contributed by atoms with Crippen LogP contribution in [-0.4, -0.2) is 17.0 Å². The van der Waals surface area contributed by atoms with Crippen LogP contribution in [0.25, 0.3) is 0 Å². The zero-order chi connectivity index (χ0) is 13.1. The van der Waals surface area contributed by atoms with Crippen molar-refractivity contribution in [3.05, 3.63) is 39.7 Å². The van der Waals surface area contributed by atoms with E-state index in [0.29, 0.717) is 10.8 Å². The fraction of sp³-hybridized carbons (Fsp3) is 0.0909. The highest BCUT2D eigenvalue weighted by Crippen LogP contribution is 2.32. The molecule has 1 N–H and O–H groups in total. The molecule has 0 saturated heterocycles. The average Bonchev–Trinajstić information content (AvgIpc) is 2.36. The molecular formula is C11H8BrClFN3O. The Morgan fingerprint density at radius 1 is 1.44 bits per heavy atom. The number of nitrogens with zero attached hydrogens (tertiary/aromatic N) is 2. The van der Waals surface area contributed by atoms with Crippen molar-refractivity contribution < 1.29 is 9.13 Å². The predicted octanol–water partition coefficient (Wildman–Crippen LogP) is 3.87. The van der Waals surface area contributed by atoms with Gasteiger partial charge in [-0.3, -0.25) is 0 Å². The molecule has 0 bridgehead atoms. The van der Waals surface area contributed by atoms with Gasteiger partial charge in [-0.25, -0.2) is 4.98 Å². The molecule has 0 unspecified atom stereocenters. The maximum atomic E-state index is 13.5. The molecule has 2 rings (SSSR count). The van der Waals surface area contributed by atoms with Gasteiger partial charge >= 0.3 is 0 Å². The topological polar surface area (TPSA) is 47.0 Å². The fourth-order valence-corrected chi connectivity index (χ4v) is 1.70. The molecule has 0 radical (unpaired) electrons. The molecule has 0 atom stereocenters. The molecule has 0 aliphatic heterocycles. The van der Waals surface area contributed by atoms with E-state index in [1.165, 1.54) is 0 Å². The van der Waals surface area contributed by atoms with Crippen LogP contribution in [0, 0.1) is 5.82 Å². The predicted molar refractivity (Wildman–Crippen MR) is 70.8 cm³/mol. The molecule has 7 heteroatoms. The molecule has 1 aromatic carbocycles. The number of aromatic nitrogens is 2. The number of hydrogen-bond donors (Lipinski definition) is 1. The van der Waals surface area contributed by atoms with Gasteiger partial charge in [-0.1, -0.05) is 27.5 Å². The maximum absolute atomic E-state index is 13.5. The van der Waals surface area contributed by atoms with Crippen LogP contribution in [0.3, 0.4) is 0 Å². The highest BCUT2D eigenvalue weighted by Gasteiger charge is 2.11. The summed E-state index contributed by atoms with van der Waals surface area (Å²) >= 11 is 9.22. The molecule has 2 aromatic rings. The number of rotatable bonds is 3. The van der Waals surface area contributed by atoms with Gasteiger partial charge in [0.05, 0.1) is 11.2 Å². The summed E-state index contributed by atoms with van der Waals surface area (Å²) in [4.78, 5) is 7.58. The summed E-state index contributed by atoms with van der Waals surface area (Å²) in [6.45, 7) is 0. The number of anilines is 1. The molecule has 94 valence electrons. The molecule has 4 nitrogen and oxygen atoms in total. The van der Waals surface area contributed by atoms with E-state index in [4.69, 9.17) is 16.3 Å². The molecule has 0 amide bonds. The normalized spacial score (nSPS) is 10.2. The molecule has 0 aliphatic carbocycles. The van der Waals surface area contributed by atoms with Crippen molar-refractivity contribution in [2.45, 2.75) is 0 Å². The van der Waals surface area contributed by atoms with Crippen LogP contribution in [-0.2, 0) is 0 Å². The van der Waals surface area contributed by atoms with E-state index in [-0.39, 0.29) is 11.8 Å². The first-order valence-electron chi connectivity index (χ1n) is 4.93. The summed E-state index contributed by atoms with van der Waals surface area (Å²) in [5.74, 6) is -0.275. The van der Waals surface area contributed by atoms with Gasteiger partial charge in [0.25, 0.3) is 5.88 Å². The van der Waals surface area contributed by atoms with Crippen molar-refractivity contribution >= 4 is 33.5 Å². The highest BCUT2D eigenvalue weighted by molar-refractivity contribution is 9.10. The average molecular weight is 333 g/mol. The van der Waals surface area contributed by atoms with E-state index in [2.05, 4.69) is 31.2 Å². The molecular weight excluding hydrogens is 324 g/mol. The van der Waals surface area contributed by atoms with Crippen LogP contribution < -0.4 is 10.1 Å². The Hall–Kier alpha value is -1.40. The Kier molecular flexibility index (Phi) is 3.98. The van der Waals surface area contributed by atoms with E-state index < -0.39 is 5.82 Å². The Labute approximate surface area is 116 Å². The van der Waals surface area contributed by atoms with Crippen LogP contribution in [0.2, 0.25) is 5.02 Å². The number of hydrogen-bond acceptors (Lipinski definition) is 4. The molecule has 1 aromatic heterocycles. The summed E-state index contributed by atoms with van der Waals surface area (Å²) in [6, 6.07) is 5.02. The maximum Gasteiger partial charge on any atom is 0.260 e. The molecule has 0 spiro atoms. The Balaban J connectivity index is 2.36. The lowest BCUT2D eigenvalue weighted by atomic mass is 10.3. The van der Waals surface area contributed by atoms with Gasteiger partial charge in [0.1, 0.15) is 5.75 Å². The molecule has 0 fully saturated rings. The van der Waals surface area contributed by atoms with Crippen molar-refractivity contribution in [1.82, 2.24) is 9.97 Å². The van der Waals surface area contributed by atoms with Gasteiger partial charge in [0, 0.05) is 11.5 Å². The first-order chi connectivity index (χ1) is 8.60. The van der Waals surface area contributed by atoms with E-state index >= 15 is 0 Å². The second kappa shape index (κ2) is 5.49. The standard InChI is InChI=1S/C11H8BrClFN3O/c1-15-11-16-5-8(14)10(17-11)18-9-4-6(12)2-3-7(9)13/h2-5H,1H3,(H,15,16,17). The Morgan fingerprint density at radius 2 is 2.22 bits per heavy atom. The second-order valence-electron chi connectivity index (χ2n) is 3.27. The molecule has 1 heterocycles. The number of ether oxygens (including phenoxy) is 1. The highest BCUT2D eigenvalue weighted by atomic mass is 79.9. The third-order valence-electron chi connectivity index (χ3n) is 2.04. The van der Waals surface area contributed by atoms with Crippen molar-refractivity contribution in [1.29, 1.82) is 0 Å². The zero-order valence-corrected chi connectivity index (χ0v) is 11.6. The van der Waals surface area contributed by atoms with Crippen molar-refractivity contribution in [3.63, 3.8) is 0 Å². The van der Waals surface area contributed by atoms with Gasteiger partial charge in [0.2, 0.25) is 11.8 Å². The summed E-state index contributed by atoms with van der Waals surface area (Å²) < 4.78 is 19.6. The van der Waals surface area contributed by atoms with E-state index in [1.807, 2.05) is 0 Å². The summed E-state index contributed by atoms with van der Waals surface area (Å²) in [5.41, 5.74) is 0. The third kappa shape index (κ3) is 2.88. The third-order valence-corrected chi connectivity index (χ3v) is 2.84. The van der Waals surface area contributed by atoms with E-state index in [9.17, 15) is 4.39 Å². The van der Waals surface area contributed by atoms with Crippen LogP contribution in [0.1, 0.15) is 0 Å². The second-order valence-corrected chi connectivity index (χ2v) is 4.60.